The molecule has 1 aromatic heterocycles. The van der Waals surface area contributed by atoms with E-state index in [1.807, 2.05) is 30.3 Å². The van der Waals surface area contributed by atoms with Gasteiger partial charge >= 0.3 is 11.6 Å². The molecule has 4 aliphatic rings. The van der Waals surface area contributed by atoms with E-state index in [9.17, 15) is 9.59 Å². The summed E-state index contributed by atoms with van der Waals surface area (Å²) in [5, 5.41) is 1.04. The third-order valence-electron chi connectivity index (χ3n) is 13.9. The van der Waals surface area contributed by atoms with Crippen LogP contribution in [0, 0.1) is 46.3 Å². The summed E-state index contributed by atoms with van der Waals surface area (Å²) in [7, 11) is 0. The molecule has 1 heterocycles. The molecule has 2 aromatic carbocycles. The molecular weight excluding hydrogens is 656 g/mol. The molecule has 274 valence electrons. The van der Waals surface area contributed by atoms with Gasteiger partial charge in [-0.05, 0) is 115 Å². The minimum atomic E-state index is -0.464. The SMILES string of the molecule is CC(C)CCC[C@@H](C)[C@@H]1CC[C@H]2[C@H]3CC=C4C[C@H](OC(=O)COc5cc6oc(=O)cc(-c7ccccc7)c6cc5Cl)CC[C@]4(C)[C@@H]3CC[C@]2(C)C1. The molecule has 0 saturated heterocycles. The fourth-order valence-electron chi connectivity index (χ4n) is 11.1. The van der Waals surface area contributed by atoms with E-state index in [0.29, 0.717) is 21.4 Å². The Bertz CT molecular complexity index is 1810. The quantitative estimate of drug-likeness (QED) is 0.119. The van der Waals surface area contributed by atoms with Crippen molar-refractivity contribution in [2.75, 3.05) is 6.61 Å². The van der Waals surface area contributed by atoms with Crippen LogP contribution in [0.2, 0.25) is 5.02 Å². The Morgan fingerprint density at radius 1 is 0.980 bits per heavy atom. The third kappa shape index (κ3) is 7.44. The van der Waals surface area contributed by atoms with Gasteiger partial charge in [0, 0.05) is 23.9 Å². The molecule has 3 fully saturated rings. The van der Waals surface area contributed by atoms with Gasteiger partial charge in [-0.25, -0.2) is 9.59 Å². The number of fused-ring (bicyclic) bond motifs is 6. The fraction of sp³-hybridized carbons (Fsp3) is 0.600. The van der Waals surface area contributed by atoms with E-state index in [1.165, 1.54) is 69.4 Å². The summed E-state index contributed by atoms with van der Waals surface area (Å²) < 4.78 is 17.4. The van der Waals surface area contributed by atoms with Crippen molar-refractivity contribution in [3.63, 3.8) is 0 Å². The van der Waals surface area contributed by atoms with E-state index in [4.69, 9.17) is 25.5 Å². The van der Waals surface area contributed by atoms with Crippen LogP contribution in [0.5, 0.6) is 5.75 Å². The number of esters is 1. The van der Waals surface area contributed by atoms with Gasteiger partial charge in [-0.1, -0.05) is 107 Å². The first-order valence-electron chi connectivity index (χ1n) is 19.8. The topological polar surface area (TPSA) is 65.7 Å². The number of allylic oxidation sites excluding steroid dienone is 1. The summed E-state index contributed by atoms with van der Waals surface area (Å²) in [4.78, 5) is 25.5. The van der Waals surface area contributed by atoms with Crippen LogP contribution in [0.15, 0.2) is 69.4 Å². The lowest BCUT2D eigenvalue weighted by atomic mass is 9.44. The molecule has 0 radical (unpaired) electrons. The van der Waals surface area contributed by atoms with E-state index in [2.05, 4.69) is 40.7 Å². The van der Waals surface area contributed by atoms with Crippen LogP contribution in [0.25, 0.3) is 22.1 Å². The largest absolute Gasteiger partial charge is 0.480 e. The van der Waals surface area contributed by atoms with Crippen molar-refractivity contribution in [3.05, 3.63) is 75.6 Å². The third-order valence-corrected chi connectivity index (χ3v) is 14.2. The maximum atomic E-state index is 13.1. The molecule has 8 atom stereocenters. The van der Waals surface area contributed by atoms with Crippen LogP contribution in [0.1, 0.15) is 112 Å². The van der Waals surface area contributed by atoms with Gasteiger partial charge in [0.05, 0.1) is 5.02 Å². The van der Waals surface area contributed by atoms with E-state index >= 15 is 0 Å². The highest BCUT2D eigenvalue weighted by Crippen LogP contribution is 2.65. The first-order chi connectivity index (χ1) is 24.4. The molecule has 0 unspecified atom stereocenters. The van der Waals surface area contributed by atoms with Gasteiger partial charge in [0.1, 0.15) is 17.4 Å². The van der Waals surface area contributed by atoms with Crippen LogP contribution in [0.3, 0.4) is 0 Å². The number of benzene rings is 2. The highest BCUT2D eigenvalue weighted by Gasteiger charge is 2.56. The minimum Gasteiger partial charge on any atom is -0.480 e. The Morgan fingerprint density at radius 2 is 1.78 bits per heavy atom. The predicted molar refractivity (Wildman–Crippen MR) is 206 cm³/mol. The molecule has 0 aliphatic heterocycles. The van der Waals surface area contributed by atoms with Crippen LogP contribution < -0.4 is 10.4 Å². The van der Waals surface area contributed by atoms with Crippen LogP contribution in [0.4, 0.5) is 0 Å². The molecule has 0 N–H and O–H groups in total. The Labute approximate surface area is 309 Å². The second-order valence-corrected chi connectivity index (χ2v) is 18.0. The van der Waals surface area contributed by atoms with Gasteiger partial charge in [-0.3, -0.25) is 0 Å². The van der Waals surface area contributed by atoms with Gasteiger partial charge < -0.3 is 13.9 Å². The van der Waals surface area contributed by atoms with Crippen molar-refractivity contribution in [2.45, 2.75) is 118 Å². The second-order valence-electron chi connectivity index (χ2n) is 17.6. The Morgan fingerprint density at radius 3 is 2.57 bits per heavy atom. The van der Waals surface area contributed by atoms with Crippen molar-refractivity contribution in [1.29, 1.82) is 0 Å². The Hall–Kier alpha value is -3.05. The average Bonchev–Trinajstić information content (AvgIpc) is 3.10. The maximum Gasteiger partial charge on any atom is 0.344 e. The molecule has 0 amide bonds. The van der Waals surface area contributed by atoms with Crippen molar-refractivity contribution in [3.8, 4) is 16.9 Å². The number of carbonyl (C=O) groups is 1. The summed E-state index contributed by atoms with van der Waals surface area (Å²) in [6, 6.07) is 14.4. The van der Waals surface area contributed by atoms with E-state index < -0.39 is 11.6 Å². The highest BCUT2D eigenvalue weighted by molar-refractivity contribution is 6.33. The Kier molecular flexibility index (Phi) is 10.5. The van der Waals surface area contributed by atoms with Crippen LogP contribution >= 0.6 is 11.6 Å². The lowest BCUT2D eigenvalue weighted by molar-refractivity contribution is -0.154. The van der Waals surface area contributed by atoms with Crippen molar-refractivity contribution in [1.82, 2.24) is 0 Å². The smallest absolute Gasteiger partial charge is 0.344 e. The zero-order chi connectivity index (χ0) is 35.9. The van der Waals surface area contributed by atoms with Crippen molar-refractivity contribution in [2.24, 2.45) is 46.3 Å². The molecule has 0 spiro atoms. The van der Waals surface area contributed by atoms with Gasteiger partial charge in [0.15, 0.2) is 6.61 Å². The first-order valence-corrected chi connectivity index (χ1v) is 20.2. The van der Waals surface area contributed by atoms with E-state index in [0.717, 1.165) is 65.9 Å². The number of ether oxygens (including phenoxy) is 2. The molecule has 6 heteroatoms. The van der Waals surface area contributed by atoms with Crippen molar-refractivity contribution < 1.29 is 18.7 Å². The van der Waals surface area contributed by atoms with Gasteiger partial charge in [0.2, 0.25) is 0 Å². The highest BCUT2D eigenvalue weighted by atomic mass is 35.5. The molecule has 5 nitrogen and oxygen atoms in total. The molecule has 4 aliphatic carbocycles. The molecule has 0 bridgehead atoms. The molecule has 3 saturated carbocycles. The monoisotopic (exact) mass is 712 g/mol. The zero-order valence-electron chi connectivity index (χ0n) is 31.3. The zero-order valence-corrected chi connectivity index (χ0v) is 32.1. The number of carbonyl (C=O) groups excluding carboxylic acids is 1. The lowest BCUT2D eigenvalue weighted by Crippen LogP contribution is -2.52. The van der Waals surface area contributed by atoms with E-state index in [1.54, 1.807) is 12.1 Å². The molecule has 7 rings (SSSR count). The average molecular weight is 713 g/mol. The number of rotatable bonds is 10. The van der Waals surface area contributed by atoms with E-state index in [-0.39, 0.29) is 23.9 Å². The normalized spacial score (nSPS) is 30.9. The number of hydrogen-bond donors (Lipinski definition) is 0. The van der Waals surface area contributed by atoms with Crippen molar-refractivity contribution >= 4 is 28.5 Å². The van der Waals surface area contributed by atoms with Crippen LogP contribution in [-0.4, -0.2) is 18.7 Å². The summed E-state index contributed by atoms with van der Waals surface area (Å²) in [6.45, 7) is 12.1. The molecular formula is C45H57ClO5. The Balaban J connectivity index is 0.959. The summed E-state index contributed by atoms with van der Waals surface area (Å²) >= 11 is 6.62. The second kappa shape index (κ2) is 14.8. The van der Waals surface area contributed by atoms with Gasteiger partial charge in [-0.2, -0.15) is 0 Å². The minimum absolute atomic E-state index is 0.142. The summed E-state index contributed by atoms with van der Waals surface area (Å²) in [6.07, 6.45) is 17.4. The standard InChI is InChI=1S/C45H57ClO5/c1-28(2)10-9-11-29(3)31-14-17-37-34-16-15-32-22-33(18-21-45(32,5)38(34)19-20-44(37,4)26-31)50-43(48)27-49-41-25-40-36(23-39(41)46)35(24-42(47)51-40)30-12-7-6-8-13-30/h6-8,12-13,15,23-25,28-29,31,33-34,37-38H,9-11,14,16-22,26-27H2,1-5H3/t29-,31-,33-,34-,37+,38-,44-,45+/m1/s1. The molecule has 3 aromatic rings. The van der Waals surface area contributed by atoms with Crippen LogP contribution in [-0.2, 0) is 9.53 Å². The lowest BCUT2D eigenvalue weighted by Gasteiger charge is -2.61. The number of hydrogen-bond acceptors (Lipinski definition) is 5. The van der Waals surface area contributed by atoms with Gasteiger partial charge in [-0.15, -0.1) is 0 Å². The maximum absolute atomic E-state index is 13.1. The number of halogens is 1. The van der Waals surface area contributed by atoms with Gasteiger partial charge in [0.25, 0.3) is 0 Å². The first kappa shape index (κ1) is 36.3. The summed E-state index contributed by atoms with van der Waals surface area (Å²) in [5.41, 5.74) is 3.69. The predicted octanol–water partition coefficient (Wildman–Crippen LogP) is 11.8. The fourth-order valence-corrected chi connectivity index (χ4v) is 11.3. The molecule has 51 heavy (non-hydrogen) atoms. The summed E-state index contributed by atoms with van der Waals surface area (Å²) in [5.74, 6) is 4.76.